The lowest BCUT2D eigenvalue weighted by atomic mass is 10.1. The van der Waals surface area contributed by atoms with Crippen molar-refractivity contribution >= 4 is 23.5 Å². The van der Waals surface area contributed by atoms with Crippen LogP contribution in [0, 0.1) is 5.82 Å². The molecule has 1 heterocycles. The number of halogens is 1. The number of ether oxygens (including phenoxy) is 2. The first kappa shape index (κ1) is 18.9. The van der Waals surface area contributed by atoms with Crippen LogP contribution in [-0.2, 0) is 16.1 Å². The maximum absolute atomic E-state index is 14.2. The predicted molar refractivity (Wildman–Crippen MR) is 101 cm³/mol. The van der Waals surface area contributed by atoms with E-state index >= 15 is 0 Å². The summed E-state index contributed by atoms with van der Waals surface area (Å²) in [6.45, 7) is 0.124. The molecule has 2 aliphatic rings. The van der Waals surface area contributed by atoms with Gasteiger partial charge in [0.25, 0.3) is 11.8 Å². The second-order valence-electron chi connectivity index (χ2n) is 7.02. The standard InChI is InChI=1S/C21H19FN2O5/c1-28-21(27)15-6-2-12(8-16(15)22)10-24(14-4-5-14)20(26)13-3-7-17-18(9-13)29-11-19(25)23-17/h2-3,6-9,14H,4-5,10-11H2,1H3,(H,23,25). The quantitative estimate of drug-likeness (QED) is 0.783. The number of nitrogens with zero attached hydrogens (tertiary/aromatic N) is 1. The number of nitrogens with one attached hydrogen (secondary N) is 1. The van der Waals surface area contributed by atoms with Crippen LogP contribution in [0.2, 0.25) is 0 Å². The summed E-state index contributed by atoms with van der Waals surface area (Å²) in [6, 6.07) is 9.18. The van der Waals surface area contributed by atoms with Gasteiger partial charge in [-0.25, -0.2) is 9.18 Å². The Morgan fingerprint density at radius 2 is 2.03 bits per heavy atom. The van der Waals surface area contributed by atoms with Crippen molar-refractivity contribution in [3.63, 3.8) is 0 Å². The largest absolute Gasteiger partial charge is 0.482 e. The van der Waals surface area contributed by atoms with Gasteiger partial charge in [-0.1, -0.05) is 6.07 Å². The number of amides is 2. The molecule has 150 valence electrons. The van der Waals surface area contributed by atoms with Gasteiger partial charge in [-0.05, 0) is 48.7 Å². The normalized spacial score (nSPS) is 15.0. The van der Waals surface area contributed by atoms with E-state index in [1.54, 1.807) is 29.2 Å². The fraction of sp³-hybridized carbons (Fsp3) is 0.286. The number of anilines is 1. The molecule has 0 unspecified atom stereocenters. The predicted octanol–water partition coefficient (Wildman–Crippen LogP) is 2.75. The van der Waals surface area contributed by atoms with E-state index in [9.17, 15) is 18.8 Å². The van der Waals surface area contributed by atoms with E-state index in [4.69, 9.17) is 4.74 Å². The molecule has 0 saturated heterocycles. The molecule has 0 atom stereocenters. The number of rotatable bonds is 5. The van der Waals surface area contributed by atoms with Gasteiger partial charge in [-0.2, -0.15) is 0 Å². The molecular formula is C21H19FN2O5. The van der Waals surface area contributed by atoms with Crippen molar-refractivity contribution in [3.05, 3.63) is 58.9 Å². The Labute approximate surface area is 166 Å². The Hall–Kier alpha value is -3.42. The van der Waals surface area contributed by atoms with Gasteiger partial charge in [-0.15, -0.1) is 0 Å². The van der Waals surface area contributed by atoms with Crippen LogP contribution in [0.4, 0.5) is 10.1 Å². The molecule has 4 rings (SSSR count). The third-order valence-corrected chi connectivity index (χ3v) is 4.90. The minimum absolute atomic E-state index is 0.0856. The molecule has 1 saturated carbocycles. The summed E-state index contributed by atoms with van der Waals surface area (Å²) in [7, 11) is 1.19. The number of fused-ring (bicyclic) bond motifs is 1. The number of esters is 1. The first-order valence-corrected chi connectivity index (χ1v) is 9.20. The van der Waals surface area contributed by atoms with Crippen molar-refractivity contribution in [1.29, 1.82) is 0 Å². The van der Waals surface area contributed by atoms with Gasteiger partial charge in [0.1, 0.15) is 11.6 Å². The van der Waals surface area contributed by atoms with Crippen LogP contribution in [0.1, 0.15) is 39.1 Å². The van der Waals surface area contributed by atoms with Crippen LogP contribution in [0.5, 0.6) is 5.75 Å². The third kappa shape index (κ3) is 3.91. The number of carbonyl (C=O) groups is 3. The van der Waals surface area contributed by atoms with Crippen LogP contribution in [-0.4, -0.2) is 42.4 Å². The number of hydrogen-bond acceptors (Lipinski definition) is 5. The highest BCUT2D eigenvalue weighted by Gasteiger charge is 2.33. The summed E-state index contributed by atoms with van der Waals surface area (Å²) < 4.78 is 24.2. The molecule has 2 amide bonds. The van der Waals surface area contributed by atoms with Gasteiger partial charge in [0, 0.05) is 18.2 Å². The molecule has 1 fully saturated rings. The summed E-state index contributed by atoms with van der Waals surface area (Å²) in [6.07, 6.45) is 1.76. The first-order chi connectivity index (χ1) is 14.0. The summed E-state index contributed by atoms with van der Waals surface area (Å²) in [5, 5.41) is 2.69. The fourth-order valence-electron chi connectivity index (χ4n) is 3.26. The molecule has 7 nitrogen and oxygen atoms in total. The van der Waals surface area contributed by atoms with E-state index < -0.39 is 11.8 Å². The first-order valence-electron chi connectivity index (χ1n) is 9.20. The molecular weight excluding hydrogens is 379 g/mol. The average Bonchev–Trinajstić information content (AvgIpc) is 3.56. The molecule has 0 radical (unpaired) electrons. The number of hydrogen-bond donors (Lipinski definition) is 1. The Bertz CT molecular complexity index is 1000. The number of benzene rings is 2. The molecule has 2 aromatic rings. The minimum Gasteiger partial charge on any atom is -0.482 e. The molecule has 1 aliphatic heterocycles. The van der Waals surface area contributed by atoms with Gasteiger partial charge in [0.15, 0.2) is 6.61 Å². The van der Waals surface area contributed by atoms with Crippen molar-refractivity contribution in [3.8, 4) is 5.75 Å². The van der Waals surface area contributed by atoms with E-state index in [1.165, 1.54) is 19.2 Å². The Morgan fingerprint density at radius 1 is 1.24 bits per heavy atom. The average molecular weight is 398 g/mol. The molecule has 2 aromatic carbocycles. The van der Waals surface area contributed by atoms with Gasteiger partial charge in [0.2, 0.25) is 0 Å². The third-order valence-electron chi connectivity index (χ3n) is 4.90. The molecule has 29 heavy (non-hydrogen) atoms. The second kappa shape index (κ2) is 7.54. The molecule has 1 N–H and O–H groups in total. The van der Waals surface area contributed by atoms with E-state index in [1.807, 2.05) is 0 Å². The van der Waals surface area contributed by atoms with Gasteiger partial charge in [0.05, 0.1) is 18.4 Å². The van der Waals surface area contributed by atoms with Crippen molar-refractivity contribution in [2.24, 2.45) is 0 Å². The van der Waals surface area contributed by atoms with Crippen molar-refractivity contribution < 1.29 is 28.2 Å². The van der Waals surface area contributed by atoms with Crippen molar-refractivity contribution in [2.45, 2.75) is 25.4 Å². The minimum atomic E-state index is -0.745. The lowest BCUT2D eigenvalue weighted by Gasteiger charge is -2.24. The maximum Gasteiger partial charge on any atom is 0.340 e. The molecule has 8 heteroatoms. The summed E-state index contributed by atoms with van der Waals surface area (Å²) in [4.78, 5) is 37.7. The van der Waals surface area contributed by atoms with Crippen molar-refractivity contribution in [2.75, 3.05) is 19.0 Å². The maximum atomic E-state index is 14.2. The van der Waals surface area contributed by atoms with Gasteiger partial charge in [-0.3, -0.25) is 9.59 Å². The Balaban J connectivity index is 1.55. The van der Waals surface area contributed by atoms with Crippen LogP contribution >= 0.6 is 0 Å². The van der Waals surface area contributed by atoms with Gasteiger partial charge < -0.3 is 19.7 Å². The smallest absolute Gasteiger partial charge is 0.340 e. The lowest BCUT2D eigenvalue weighted by molar-refractivity contribution is -0.118. The summed E-state index contributed by atoms with van der Waals surface area (Å²) in [5.74, 6) is -1.43. The van der Waals surface area contributed by atoms with Crippen LogP contribution < -0.4 is 10.1 Å². The number of methoxy groups -OCH3 is 1. The van der Waals surface area contributed by atoms with Crippen LogP contribution in [0.15, 0.2) is 36.4 Å². The zero-order chi connectivity index (χ0) is 20.5. The highest BCUT2D eigenvalue weighted by molar-refractivity contribution is 5.99. The highest BCUT2D eigenvalue weighted by Crippen LogP contribution is 2.33. The van der Waals surface area contributed by atoms with E-state index in [2.05, 4.69) is 10.1 Å². The Morgan fingerprint density at radius 3 is 2.72 bits per heavy atom. The monoisotopic (exact) mass is 398 g/mol. The molecule has 0 aromatic heterocycles. The lowest BCUT2D eigenvalue weighted by Crippen LogP contribution is -2.33. The Kier molecular flexibility index (Phi) is 4.92. The van der Waals surface area contributed by atoms with E-state index in [-0.39, 0.29) is 36.6 Å². The van der Waals surface area contributed by atoms with Crippen molar-refractivity contribution in [1.82, 2.24) is 4.90 Å². The topological polar surface area (TPSA) is 84.9 Å². The molecule has 0 bridgehead atoms. The summed E-state index contributed by atoms with van der Waals surface area (Å²) in [5.41, 5.74) is 1.39. The van der Waals surface area contributed by atoms with E-state index in [0.29, 0.717) is 22.6 Å². The van der Waals surface area contributed by atoms with E-state index in [0.717, 1.165) is 12.8 Å². The summed E-state index contributed by atoms with van der Waals surface area (Å²) >= 11 is 0. The van der Waals surface area contributed by atoms with Gasteiger partial charge >= 0.3 is 5.97 Å². The van der Waals surface area contributed by atoms with Crippen LogP contribution in [0.3, 0.4) is 0 Å². The van der Waals surface area contributed by atoms with Crippen LogP contribution in [0.25, 0.3) is 0 Å². The highest BCUT2D eigenvalue weighted by atomic mass is 19.1. The zero-order valence-electron chi connectivity index (χ0n) is 15.7. The number of carbonyl (C=O) groups excluding carboxylic acids is 3. The second-order valence-corrected chi connectivity index (χ2v) is 7.02. The SMILES string of the molecule is COC(=O)c1ccc(CN(C(=O)c2ccc3c(c2)OCC(=O)N3)C2CC2)cc1F. The zero-order valence-corrected chi connectivity index (χ0v) is 15.7. The molecule has 0 spiro atoms. The fourth-order valence-corrected chi connectivity index (χ4v) is 3.26. The molecule has 1 aliphatic carbocycles.